The SMILES string of the molecule is CC(C)[C@@H]1C(=O)C(C(N)=O)=C(O)[C@@]2(O)C(=O)C3=C(O)c4c(O)c(N5CCCCC5)cc(N(C)C)c4C[C@H]3C[C@@H]12. The number of aromatic hydroxyl groups is 1. The fourth-order valence-electron chi connectivity index (χ4n) is 7.29. The van der Waals surface area contributed by atoms with Gasteiger partial charge in [-0.25, -0.2) is 0 Å². The van der Waals surface area contributed by atoms with E-state index < -0.39 is 57.9 Å². The van der Waals surface area contributed by atoms with Gasteiger partial charge in [0.2, 0.25) is 5.78 Å². The van der Waals surface area contributed by atoms with Crippen molar-refractivity contribution in [2.45, 2.75) is 51.6 Å². The summed E-state index contributed by atoms with van der Waals surface area (Å²) in [6.07, 6.45) is 3.42. The number of hydrogen-bond donors (Lipinski definition) is 5. The summed E-state index contributed by atoms with van der Waals surface area (Å²) in [6, 6.07) is 1.91. The summed E-state index contributed by atoms with van der Waals surface area (Å²) in [5.41, 5.74) is 4.06. The number of amides is 1. The molecule has 1 aromatic carbocycles. The van der Waals surface area contributed by atoms with Crippen LogP contribution in [0.1, 0.15) is 50.7 Å². The molecule has 6 N–H and O–H groups in total. The second kappa shape index (κ2) is 9.29. The van der Waals surface area contributed by atoms with Crippen LogP contribution in [0.4, 0.5) is 11.4 Å². The average Bonchev–Trinajstić information content (AvgIpc) is 2.86. The number of carbonyl (C=O) groups is 3. The van der Waals surface area contributed by atoms with Crippen molar-refractivity contribution < 1.29 is 34.8 Å². The monoisotopic (exact) mass is 539 g/mol. The molecule has 39 heavy (non-hydrogen) atoms. The molecular weight excluding hydrogens is 502 g/mol. The number of Topliss-reactive ketones (excluding diaryl/α,β-unsaturated/α-hetero) is 2. The summed E-state index contributed by atoms with van der Waals surface area (Å²) < 4.78 is 0. The summed E-state index contributed by atoms with van der Waals surface area (Å²) in [6.45, 7) is 4.99. The molecule has 0 bridgehead atoms. The van der Waals surface area contributed by atoms with Crippen molar-refractivity contribution in [1.29, 1.82) is 0 Å². The molecule has 1 amide bonds. The molecular formula is C29H37N3O7. The van der Waals surface area contributed by atoms with Gasteiger partial charge in [0.1, 0.15) is 22.8 Å². The summed E-state index contributed by atoms with van der Waals surface area (Å²) >= 11 is 0. The second-order valence-electron chi connectivity index (χ2n) is 11.9. The molecule has 4 atom stereocenters. The van der Waals surface area contributed by atoms with Crippen LogP contribution in [0.15, 0.2) is 23.0 Å². The fraction of sp³-hybridized carbons (Fsp3) is 0.552. The fourth-order valence-corrected chi connectivity index (χ4v) is 7.29. The van der Waals surface area contributed by atoms with Crippen molar-refractivity contribution in [3.05, 3.63) is 34.1 Å². The van der Waals surface area contributed by atoms with Gasteiger partial charge in [0, 0.05) is 50.3 Å². The number of benzene rings is 1. The van der Waals surface area contributed by atoms with E-state index in [-0.39, 0.29) is 35.6 Å². The molecule has 2 fully saturated rings. The third kappa shape index (κ3) is 3.75. The standard InChI is InChI=1S/C29H37N3O7/c1-13(2)19-16-11-14-10-15-17(31(3)4)12-18(32-8-6-5-7-9-32)23(33)21(15)25(35)20(14)26(36)29(16,39)27(37)22(24(19)34)28(30)38/h12-14,16,19,33,35,37,39H,5-11H2,1-4H3,(H2,30,38)/t14-,16-,19-,29-/m0/s1. The number of phenols is 1. The third-order valence-electron chi connectivity index (χ3n) is 9.10. The number of piperidine rings is 1. The number of fused-ring (bicyclic) bond motifs is 3. The zero-order valence-corrected chi connectivity index (χ0v) is 22.8. The van der Waals surface area contributed by atoms with Gasteiger partial charge in [-0.05, 0) is 55.6 Å². The van der Waals surface area contributed by atoms with Crippen LogP contribution in [0, 0.1) is 23.7 Å². The molecule has 1 saturated carbocycles. The van der Waals surface area contributed by atoms with Crippen LogP contribution in [-0.4, -0.2) is 70.7 Å². The average molecular weight is 540 g/mol. The van der Waals surface area contributed by atoms with Gasteiger partial charge >= 0.3 is 0 Å². The van der Waals surface area contributed by atoms with Gasteiger partial charge in [-0.2, -0.15) is 0 Å². The van der Waals surface area contributed by atoms with Crippen molar-refractivity contribution in [1.82, 2.24) is 0 Å². The molecule has 1 aromatic rings. The number of rotatable bonds is 4. The highest BCUT2D eigenvalue weighted by atomic mass is 16.3. The molecule has 3 aliphatic carbocycles. The summed E-state index contributed by atoms with van der Waals surface area (Å²) in [5, 5.41) is 45.9. The van der Waals surface area contributed by atoms with Gasteiger partial charge in [-0.15, -0.1) is 0 Å². The minimum Gasteiger partial charge on any atom is -0.508 e. The van der Waals surface area contributed by atoms with Gasteiger partial charge in [-0.3, -0.25) is 14.4 Å². The first-order valence-corrected chi connectivity index (χ1v) is 13.6. The number of carbonyl (C=O) groups excluding carboxylic acids is 3. The molecule has 10 nitrogen and oxygen atoms in total. The molecule has 1 aliphatic heterocycles. The smallest absolute Gasteiger partial charge is 0.255 e. The van der Waals surface area contributed by atoms with Gasteiger partial charge in [-0.1, -0.05) is 13.8 Å². The minimum atomic E-state index is -2.60. The third-order valence-corrected chi connectivity index (χ3v) is 9.10. The van der Waals surface area contributed by atoms with E-state index in [1.807, 2.05) is 25.1 Å². The number of phenolic OH excluding ortho intramolecular Hbond substituents is 1. The van der Waals surface area contributed by atoms with Gasteiger partial charge in [0.15, 0.2) is 11.4 Å². The quantitative estimate of drug-likeness (QED) is 0.361. The highest BCUT2D eigenvalue weighted by Crippen LogP contribution is 2.56. The number of hydrogen-bond acceptors (Lipinski definition) is 9. The first kappa shape index (κ1) is 27.1. The summed E-state index contributed by atoms with van der Waals surface area (Å²) in [5.74, 6) is -7.45. The van der Waals surface area contributed by atoms with Crippen molar-refractivity contribution in [3.8, 4) is 5.75 Å². The predicted octanol–water partition coefficient (Wildman–Crippen LogP) is 2.36. The Bertz CT molecular complexity index is 1340. The molecule has 0 spiro atoms. The first-order chi connectivity index (χ1) is 18.3. The molecule has 10 heteroatoms. The van der Waals surface area contributed by atoms with Crippen LogP contribution in [0.5, 0.6) is 5.75 Å². The predicted molar refractivity (Wildman–Crippen MR) is 145 cm³/mol. The molecule has 1 saturated heterocycles. The van der Waals surface area contributed by atoms with Crippen molar-refractivity contribution >= 4 is 34.6 Å². The molecule has 0 aromatic heterocycles. The van der Waals surface area contributed by atoms with Crippen molar-refractivity contribution in [3.63, 3.8) is 0 Å². The van der Waals surface area contributed by atoms with E-state index in [1.165, 1.54) is 0 Å². The molecule has 4 aliphatic rings. The van der Waals surface area contributed by atoms with Gasteiger partial charge in [0.05, 0.1) is 11.3 Å². The zero-order chi connectivity index (χ0) is 28.5. The van der Waals surface area contributed by atoms with Crippen LogP contribution in [-0.2, 0) is 20.8 Å². The van der Waals surface area contributed by atoms with Gasteiger partial charge < -0.3 is 36.0 Å². The van der Waals surface area contributed by atoms with E-state index in [2.05, 4.69) is 4.90 Å². The Labute approximate surface area is 227 Å². The van der Waals surface area contributed by atoms with Crippen LogP contribution in [0.3, 0.4) is 0 Å². The lowest BCUT2D eigenvalue weighted by atomic mass is 9.54. The Kier molecular flexibility index (Phi) is 6.44. The summed E-state index contributed by atoms with van der Waals surface area (Å²) in [7, 11) is 3.74. The number of nitrogens with zero attached hydrogens (tertiary/aromatic N) is 2. The van der Waals surface area contributed by atoms with Crippen LogP contribution >= 0.6 is 0 Å². The lowest BCUT2D eigenvalue weighted by Crippen LogP contribution is -2.62. The highest BCUT2D eigenvalue weighted by molar-refractivity contribution is 6.23. The molecule has 1 heterocycles. The topological polar surface area (TPSA) is 165 Å². The van der Waals surface area contributed by atoms with Crippen LogP contribution < -0.4 is 15.5 Å². The zero-order valence-electron chi connectivity index (χ0n) is 22.8. The lowest BCUT2D eigenvalue weighted by Gasteiger charge is -2.50. The number of ketones is 2. The Morgan fingerprint density at radius 2 is 1.77 bits per heavy atom. The molecule has 210 valence electrons. The Morgan fingerprint density at radius 1 is 1.13 bits per heavy atom. The van der Waals surface area contributed by atoms with E-state index in [0.29, 0.717) is 11.3 Å². The van der Waals surface area contributed by atoms with E-state index in [1.54, 1.807) is 13.8 Å². The number of primary amides is 1. The van der Waals surface area contributed by atoms with E-state index in [0.717, 1.165) is 38.0 Å². The first-order valence-electron chi connectivity index (χ1n) is 13.6. The normalized spacial score (nSPS) is 28.9. The van der Waals surface area contributed by atoms with Gasteiger partial charge in [0.25, 0.3) is 5.91 Å². The Morgan fingerprint density at radius 3 is 2.33 bits per heavy atom. The van der Waals surface area contributed by atoms with Crippen LogP contribution in [0.2, 0.25) is 0 Å². The van der Waals surface area contributed by atoms with E-state index in [4.69, 9.17) is 5.73 Å². The van der Waals surface area contributed by atoms with E-state index >= 15 is 0 Å². The van der Waals surface area contributed by atoms with E-state index in [9.17, 15) is 34.8 Å². The van der Waals surface area contributed by atoms with Crippen LogP contribution in [0.25, 0.3) is 5.76 Å². The summed E-state index contributed by atoms with van der Waals surface area (Å²) in [4.78, 5) is 43.5. The number of aliphatic hydroxyl groups excluding tert-OH is 2. The molecule has 0 unspecified atom stereocenters. The Hall–Kier alpha value is -3.53. The number of nitrogens with two attached hydrogens (primary N) is 1. The Balaban J connectivity index is 1.74. The highest BCUT2D eigenvalue weighted by Gasteiger charge is 2.64. The molecule has 5 rings (SSSR count). The lowest BCUT2D eigenvalue weighted by molar-refractivity contribution is -0.155. The molecule has 0 radical (unpaired) electrons. The largest absolute Gasteiger partial charge is 0.508 e. The maximum Gasteiger partial charge on any atom is 0.255 e. The van der Waals surface area contributed by atoms with Crippen molar-refractivity contribution in [2.75, 3.05) is 37.0 Å². The maximum absolute atomic E-state index is 14.1. The van der Waals surface area contributed by atoms with Crippen molar-refractivity contribution in [2.24, 2.45) is 29.4 Å². The minimum absolute atomic E-state index is 0.104. The number of aliphatic hydroxyl groups is 3. The maximum atomic E-state index is 14.1. The number of anilines is 2. The second-order valence-corrected chi connectivity index (χ2v) is 11.9.